The molecular weight excluding hydrogens is 432 g/mol. The van der Waals surface area contributed by atoms with Crippen LogP contribution in [0.4, 0.5) is 0 Å². The van der Waals surface area contributed by atoms with E-state index in [2.05, 4.69) is 25.3 Å². The largest absolute Gasteiger partial charge is 0.492 e. The molecule has 34 heavy (non-hydrogen) atoms. The molecule has 1 aliphatic rings. The van der Waals surface area contributed by atoms with Crippen molar-refractivity contribution in [1.82, 2.24) is 0 Å². The standard InChI is InChI=1S/C28H32O6/c1-19(2)27(29)33-17-9-15-31-25-21-11-5-7-13-23(21)26(24-14-8-6-12-22(24)25)32-16-10-18-34-28(30)20(3)4/h5-8,11,13H,1,3,9-10,12,14-18H2,2,4H3. The second-order valence-corrected chi connectivity index (χ2v) is 8.28. The average Bonchev–Trinajstić information content (AvgIpc) is 2.83. The summed E-state index contributed by atoms with van der Waals surface area (Å²) in [5.41, 5.74) is 3.00. The van der Waals surface area contributed by atoms with Gasteiger partial charge in [0, 0.05) is 45.9 Å². The van der Waals surface area contributed by atoms with Gasteiger partial charge >= 0.3 is 11.9 Å². The molecule has 0 atom stereocenters. The van der Waals surface area contributed by atoms with E-state index < -0.39 is 0 Å². The van der Waals surface area contributed by atoms with E-state index in [1.54, 1.807) is 13.8 Å². The maximum atomic E-state index is 11.6. The molecule has 1 aliphatic carbocycles. The molecule has 0 bridgehead atoms. The third-order valence-electron chi connectivity index (χ3n) is 5.37. The molecule has 2 aromatic carbocycles. The Kier molecular flexibility index (Phi) is 8.91. The number of allylic oxidation sites excluding steroid dienone is 2. The van der Waals surface area contributed by atoms with Gasteiger partial charge in [-0.15, -0.1) is 0 Å². The van der Waals surface area contributed by atoms with Crippen molar-refractivity contribution in [3.05, 3.63) is 71.8 Å². The highest BCUT2D eigenvalue weighted by atomic mass is 16.5. The van der Waals surface area contributed by atoms with Crippen LogP contribution in [-0.2, 0) is 31.9 Å². The summed E-state index contributed by atoms with van der Waals surface area (Å²) in [5.74, 6) is 0.931. The molecule has 0 radical (unpaired) electrons. The molecule has 0 aliphatic heterocycles. The lowest BCUT2D eigenvalue weighted by Gasteiger charge is -2.23. The molecule has 0 amide bonds. The SMILES string of the molecule is C=C(C)C(=O)OCCCOc1c2c(c(OCCCOC(=O)C(=C)C)c3ccccc13)CC=CC2. The van der Waals surface area contributed by atoms with Crippen molar-refractivity contribution in [2.75, 3.05) is 26.4 Å². The van der Waals surface area contributed by atoms with Crippen LogP contribution < -0.4 is 9.47 Å². The van der Waals surface area contributed by atoms with Crippen LogP contribution in [0.1, 0.15) is 37.8 Å². The van der Waals surface area contributed by atoms with E-state index in [1.165, 1.54) is 0 Å². The number of benzene rings is 2. The van der Waals surface area contributed by atoms with Crippen molar-refractivity contribution >= 4 is 22.7 Å². The van der Waals surface area contributed by atoms with Crippen LogP contribution in [0.3, 0.4) is 0 Å². The monoisotopic (exact) mass is 464 g/mol. The Morgan fingerprint density at radius 3 is 1.53 bits per heavy atom. The third-order valence-corrected chi connectivity index (χ3v) is 5.37. The zero-order valence-corrected chi connectivity index (χ0v) is 20.0. The third kappa shape index (κ3) is 6.28. The van der Waals surface area contributed by atoms with Crippen molar-refractivity contribution in [2.24, 2.45) is 0 Å². The van der Waals surface area contributed by atoms with E-state index in [9.17, 15) is 9.59 Å². The summed E-state index contributed by atoms with van der Waals surface area (Å²) in [6.07, 6.45) is 6.95. The summed E-state index contributed by atoms with van der Waals surface area (Å²) in [6, 6.07) is 8.03. The van der Waals surface area contributed by atoms with Crippen molar-refractivity contribution in [3.8, 4) is 11.5 Å². The Hall–Kier alpha value is -3.54. The molecule has 0 spiro atoms. The summed E-state index contributed by atoms with van der Waals surface area (Å²) in [4.78, 5) is 23.1. The summed E-state index contributed by atoms with van der Waals surface area (Å²) < 4.78 is 22.8. The van der Waals surface area contributed by atoms with E-state index in [0.29, 0.717) is 37.2 Å². The molecule has 0 heterocycles. The lowest BCUT2D eigenvalue weighted by atomic mass is 9.90. The highest BCUT2D eigenvalue weighted by Crippen LogP contribution is 2.43. The molecular formula is C28H32O6. The predicted octanol–water partition coefficient (Wildman–Crippen LogP) is 5.27. The molecule has 0 saturated heterocycles. The number of carbonyl (C=O) groups is 2. The number of fused-ring (bicyclic) bond motifs is 2. The molecule has 6 heteroatoms. The Morgan fingerprint density at radius 1 is 0.735 bits per heavy atom. The van der Waals surface area contributed by atoms with Crippen LogP contribution in [0.2, 0.25) is 0 Å². The van der Waals surface area contributed by atoms with E-state index >= 15 is 0 Å². The van der Waals surface area contributed by atoms with Crippen LogP contribution >= 0.6 is 0 Å². The molecule has 180 valence electrons. The number of hydrogen-bond donors (Lipinski definition) is 0. The zero-order valence-electron chi connectivity index (χ0n) is 20.0. The second kappa shape index (κ2) is 12.1. The fourth-order valence-electron chi connectivity index (χ4n) is 3.68. The molecule has 0 fully saturated rings. The van der Waals surface area contributed by atoms with Crippen LogP contribution in [-0.4, -0.2) is 38.4 Å². The van der Waals surface area contributed by atoms with Gasteiger partial charge in [0.2, 0.25) is 0 Å². The lowest BCUT2D eigenvalue weighted by Crippen LogP contribution is -2.13. The zero-order chi connectivity index (χ0) is 24.5. The molecule has 2 aromatic rings. The topological polar surface area (TPSA) is 71.1 Å². The maximum absolute atomic E-state index is 11.6. The number of ether oxygens (including phenoxy) is 4. The van der Waals surface area contributed by atoms with Crippen molar-refractivity contribution in [3.63, 3.8) is 0 Å². The fraction of sp³-hybridized carbons (Fsp3) is 0.357. The van der Waals surface area contributed by atoms with Crippen LogP contribution in [0.5, 0.6) is 11.5 Å². The minimum Gasteiger partial charge on any atom is -0.492 e. The summed E-state index contributed by atoms with van der Waals surface area (Å²) in [7, 11) is 0. The maximum Gasteiger partial charge on any atom is 0.333 e. The van der Waals surface area contributed by atoms with Gasteiger partial charge in [-0.25, -0.2) is 9.59 Å². The normalized spacial score (nSPS) is 12.1. The van der Waals surface area contributed by atoms with Gasteiger partial charge in [0.1, 0.15) is 11.5 Å². The van der Waals surface area contributed by atoms with Gasteiger partial charge in [0.15, 0.2) is 0 Å². The minimum atomic E-state index is -0.385. The summed E-state index contributed by atoms with van der Waals surface area (Å²) in [5, 5.41) is 1.97. The van der Waals surface area contributed by atoms with Gasteiger partial charge in [0.05, 0.1) is 26.4 Å². The first-order valence-corrected chi connectivity index (χ1v) is 11.5. The Labute approximate surface area is 200 Å². The molecule has 0 unspecified atom stereocenters. The number of hydrogen-bond acceptors (Lipinski definition) is 6. The van der Waals surface area contributed by atoms with Crippen molar-refractivity contribution in [2.45, 2.75) is 39.5 Å². The quantitative estimate of drug-likeness (QED) is 0.184. The Morgan fingerprint density at radius 2 is 1.15 bits per heavy atom. The summed E-state index contributed by atoms with van der Waals surface area (Å²) in [6.45, 7) is 11.9. The highest BCUT2D eigenvalue weighted by Gasteiger charge is 2.22. The predicted molar refractivity (Wildman–Crippen MR) is 132 cm³/mol. The smallest absolute Gasteiger partial charge is 0.333 e. The average molecular weight is 465 g/mol. The van der Waals surface area contributed by atoms with E-state index in [4.69, 9.17) is 18.9 Å². The minimum absolute atomic E-state index is 0.281. The van der Waals surface area contributed by atoms with Gasteiger partial charge in [-0.05, 0) is 26.7 Å². The number of carbonyl (C=O) groups excluding carboxylic acids is 2. The second-order valence-electron chi connectivity index (χ2n) is 8.28. The molecule has 0 saturated carbocycles. The van der Waals surface area contributed by atoms with Crippen molar-refractivity contribution < 1.29 is 28.5 Å². The Bertz CT molecular complexity index is 1030. The number of esters is 2. The fourth-order valence-corrected chi connectivity index (χ4v) is 3.68. The van der Waals surface area contributed by atoms with Gasteiger partial charge in [-0.3, -0.25) is 0 Å². The van der Waals surface area contributed by atoms with Gasteiger partial charge < -0.3 is 18.9 Å². The van der Waals surface area contributed by atoms with Crippen LogP contribution in [0, 0.1) is 0 Å². The van der Waals surface area contributed by atoms with Gasteiger partial charge in [-0.1, -0.05) is 49.6 Å². The van der Waals surface area contributed by atoms with Gasteiger partial charge in [0.25, 0.3) is 0 Å². The van der Waals surface area contributed by atoms with Crippen LogP contribution in [0.25, 0.3) is 10.8 Å². The van der Waals surface area contributed by atoms with Gasteiger partial charge in [-0.2, -0.15) is 0 Å². The number of rotatable bonds is 12. The summed E-state index contributed by atoms with van der Waals surface area (Å²) >= 11 is 0. The van der Waals surface area contributed by atoms with E-state index in [-0.39, 0.29) is 25.2 Å². The first-order valence-electron chi connectivity index (χ1n) is 11.5. The lowest BCUT2D eigenvalue weighted by molar-refractivity contribution is -0.140. The first kappa shape index (κ1) is 25.1. The first-order chi connectivity index (χ1) is 16.4. The highest BCUT2D eigenvalue weighted by molar-refractivity contribution is 5.96. The Balaban J connectivity index is 1.73. The molecule has 0 aromatic heterocycles. The van der Waals surface area contributed by atoms with Crippen LogP contribution in [0.15, 0.2) is 60.7 Å². The molecule has 6 nitrogen and oxygen atoms in total. The van der Waals surface area contributed by atoms with Crippen molar-refractivity contribution in [1.29, 1.82) is 0 Å². The van der Waals surface area contributed by atoms with E-state index in [1.807, 2.05) is 24.3 Å². The van der Waals surface area contributed by atoms with E-state index in [0.717, 1.165) is 46.2 Å². The molecule has 0 N–H and O–H groups in total. The molecule has 3 rings (SSSR count).